The van der Waals surface area contributed by atoms with Crippen molar-refractivity contribution in [1.29, 1.82) is 0 Å². The van der Waals surface area contributed by atoms with Gasteiger partial charge in [0.25, 0.3) is 0 Å². The maximum atomic E-state index is 12.6. The van der Waals surface area contributed by atoms with Crippen molar-refractivity contribution in [2.45, 2.75) is 163 Å². The Bertz CT molecular complexity index is 500. The Balaban J connectivity index is 3.78. The average Bonchev–Trinajstić information content (AvgIpc) is 2.84. The Kier molecular flexibility index (Phi) is 22.6. The zero-order chi connectivity index (χ0) is 26.2. The molecular weight excluding hydrogens is 436 g/mol. The zero-order valence-corrected chi connectivity index (χ0v) is 24.3. The maximum Gasteiger partial charge on any atom is 0.311 e. The largest absolute Gasteiger partial charge is 0.466 e. The summed E-state index contributed by atoms with van der Waals surface area (Å²) in [5.74, 6) is -0.221. The number of rotatable bonds is 25. The van der Waals surface area contributed by atoms with E-state index in [2.05, 4.69) is 13.8 Å². The van der Waals surface area contributed by atoms with E-state index in [1.807, 2.05) is 20.8 Å². The summed E-state index contributed by atoms with van der Waals surface area (Å²) < 4.78 is 11.0. The van der Waals surface area contributed by atoms with Crippen LogP contribution in [0.2, 0.25) is 0 Å². The van der Waals surface area contributed by atoms with E-state index in [9.17, 15) is 9.59 Å². The van der Waals surface area contributed by atoms with E-state index >= 15 is 0 Å². The molecule has 0 fully saturated rings. The lowest BCUT2D eigenvalue weighted by Crippen LogP contribution is -2.34. The number of esters is 2. The molecule has 4 heteroatoms. The van der Waals surface area contributed by atoms with Gasteiger partial charge in [0, 0.05) is 6.42 Å². The molecule has 0 amide bonds. The third kappa shape index (κ3) is 19.8. The molecule has 4 nitrogen and oxygen atoms in total. The molecule has 0 aromatic heterocycles. The number of carbonyl (C=O) groups excluding carboxylic acids is 2. The van der Waals surface area contributed by atoms with E-state index in [1.54, 1.807) is 0 Å². The summed E-state index contributed by atoms with van der Waals surface area (Å²) in [5, 5.41) is 0. The number of hydrogen-bond acceptors (Lipinski definition) is 4. The van der Waals surface area contributed by atoms with Gasteiger partial charge in [-0.15, -0.1) is 0 Å². The first-order chi connectivity index (χ1) is 16.9. The molecule has 0 radical (unpaired) electrons. The Morgan fingerprint density at radius 2 is 0.971 bits per heavy atom. The molecule has 1 atom stereocenters. The van der Waals surface area contributed by atoms with Gasteiger partial charge in [-0.25, -0.2) is 0 Å². The molecule has 0 rings (SSSR count). The van der Waals surface area contributed by atoms with Crippen LogP contribution in [0.4, 0.5) is 0 Å². The summed E-state index contributed by atoms with van der Waals surface area (Å²) in [5.41, 5.74) is -0.587. The highest BCUT2D eigenvalue weighted by Gasteiger charge is 2.35. The van der Waals surface area contributed by atoms with Crippen LogP contribution in [-0.4, -0.2) is 25.2 Å². The van der Waals surface area contributed by atoms with E-state index in [0.717, 1.165) is 25.7 Å². The van der Waals surface area contributed by atoms with Gasteiger partial charge in [0.1, 0.15) is 0 Å². The summed E-state index contributed by atoms with van der Waals surface area (Å²) in [4.78, 5) is 24.7. The van der Waals surface area contributed by atoms with Crippen LogP contribution in [0.15, 0.2) is 0 Å². The Morgan fingerprint density at radius 1 is 0.600 bits per heavy atom. The molecule has 0 aliphatic carbocycles. The fourth-order valence-electron chi connectivity index (χ4n) is 4.33. The molecule has 208 valence electrons. The van der Waals surface area contributed by atoms with E-state index in [-0.39, 0.29) is 17.9 Å². The van der Waals surface area contributed by atoms with Crippen LogP contribution in [0, 0.1) is 11.3 Å². The van der Waals surface area contributed by atoms with Gasteiger partial charge in [0.05, 0.1) is 18.6 Å². The average molecular weight is 497 g/mol. The number of hydrogen-bond donors (Lipinski definition) is 0. The van der Waals surface area contributed by atoms with Crippen LogP contribution in [-0.2, 0) is 19.1 Å². The normalized spacial score (nSPS) is 12.5. The van der Waals surface area contributed by atoms with Gasteiger partial charge in [-0.3, -0.25) is 9.59 Å². The van der Waals surface area contributed by atoms with Gasteiger partial charge in [0.2, 0.25) is 0 Å². The molecular formula is C31H60O4. The van der Waals surface area contributed by atoms with Crippen molar-refractivity contribution in [3.8, 4) is 0 Å². The number of carbonyl (C=O) groups is 2. The fourth-order valence-corrected chi connectivity index (χ4v) is 4.33. The summed E-state index contributed by atoms with van der Waals surface area (Å²) >= 11 is 0. The molecule has 0 N–H and O–H groups in total. The van der Waals surface area contributed by atoms with Gasteiger partial charge in [-0.05, 0) is 39.0 Å². The third-order valence-corrected chi connectivity index (χ3v) is 7.53. The molecule has 35 heavy (non-hydrogen) atoms. The van der Waals surface area contributed by atoms with Crippen LogP contribution >= 0.6 is 0 Å². The van der Waals surface area contributed by atoms with Gasteiger partial charge < -0.3 is 9.47 Å². The summed E-state index contributed by atoms with van der Waals surface area (Å²) in [7, 11) is 0. The Hall–Kier alpha value is -1.06. The molecule has 0 saturated carbocycles. The molecule has 0 spiro atoms. The minimum Gasteiger partial charge on any atom is -0.466 e. The van der Waals surface area contributed by atoms with Gasteiger partial charge in [-0.1, -0.05) is 124 Å². The SMILES string of the molecule is CCCCCCCCCCCCOC(=O)C(C)(C)C(C)CCC(=O)OCCCCCCCCCC. The first-order valence-corrected chi connectivity index (χ1v) is 15.2. The Morgan fingerprint density at radius 3 is 1.40 bits per heavy atom. The maximum absolute atomic E-state index is 12.6. The predicted molar refractivity (Wildman–Crippen MR) is 149 cm³/mol. The third-order valence-electron chi connectivity index (χ3n) is 7.53. The summed E-state index contributed by atoms with van der Waals surface area (Å²) in [6, 6.07) is 0. The summed E-state index contributed by atoms with van der Waals surface area (Å²) in [6.45, 7) is 11.4. The fraction of sp³-hybridized carbons (Fsp3) is 0.935. The minimum atomic E-state index is -0.587. The minimum absolute atomic E-state index is 0.0679. The molecule has 0 bridgehead atoms. The van der Waals surface area contributed by atoms with Crippen LogP contribution in [0.3, 0.4) is 0 Å². The van der Waals surface area contributed by atoms with Crippen LogP contribution < -0.4 is 0 Å². The molecule has 0 saturated heterocycles. The van der Waals surface area contributed by atoms with Crippen LogP contribution in [0.1, 0.15) is 163 Å². The van der Waals surface area contributed by atoms with Crippen molar-refractivity contribution >= 4 is 11.9 Å². The first kappa shape index (κ1) is 33.9. The van der Waals surface area contributed by atoms with Gasteiger partial charge >= 0.3 is 11.9 Å². The first-order valence-electron chi connectivity index (χ1n) is 15.2. The molecule has 0 heterocycles. The van der Waals surface area contributed by atoms with E-state index in [1.165, 1.54) is 89.9 Å². The van der Waals surface area contributed by atoms with Gasteiger partial charge in [-0.2, -0.15) is 0 Å². The number of ether oxygens (including phenoxy) is 2. The monoisotopic (exact) mass is 496 g/mol. The second-order valence-electron chi connectivity index (χ2n) is 11.2. The lowest BCUT2D eigenvalue weighted by Gasteiger charge is -2.29. The molecule has 0 aromatic carbocycles. The van der Waals surface area contributed by atoms with Crippen molar-refractivity contribution in [3.05, 3.63) is 0 Å². The topological polar surface area (TPSA) is 52.6 Å². The van der Waals surface area contributed by atoms with Crippen LogP contribution in [0.25, 0.3) is 0 Å². The lowest BCUT2D eigenvalue weighted by atomic mass is 9.77. The molecule has 0 aliphatic rings. The number of unbranched alkanes of at least 4 members (excludes halogenated alkanes) is 16. The zero-order valence-electron chi connectivity index (χ0n) is 24.3. The standard InChI is InChI=1S/C31H60O4/c1-6-8-10-12-14-16-17-19-21-23-27-35-30(33)31(4,5)28(3)24-25-29(32)34-26-22-20-18-15-13-11-9-7-2/h28H,6-27H2,1-5H3. The van der Waals surface area contributed by atoms with E-state index in [4.69, 9.17) is 9.47 Å². The molecule has 0 aliphatic heterocycles. The summed E-state index contributed by atoms with van der Waals surface area (Å²) in [6.07, 6.45) is 23.6. The van der Waals surface area contributed by atoms with Crippen molar-refractivity contribution < 1.29 is 19.1 Å². The molecule has 0 aromatic rings. The second kappa shape index (κ2) is 23.3. The van der Waals surface area contributed by atoms with Gasteiger partial charge in [0.15, 0.2) is 0 Å². The molecule has 1 unspecified atom stereocenters. The van der Waals surface area contributed by atoms with Crippen molar-refractivity contribution in [3.63, 3.8) is 0 Å². The van der Waals surface area contributed by atoms with Crippen molar-refractivity contribution in [2.75, 3.05) is 13.2 Å². The van der Waals surface area contributed by atoms with Crippen molar-refractivity contribution in [1.82, 2.24) is 0 Å². The lowest BCUT2D eigenvalue weighted by molar-refractivity contribution is -0.158. The van der Waals surface area contributed by atoms with E-state index in [0.29, 0.717) is 26.1 Å². The second-order valence-corrected chi connectivity index (χ2v) is 11.2. The smallest absolute Gasteiger partial charge is 0.311 e. The predicted octanol–water partition coefficient (Wildman–Crippen LogP) is 9.58. The Labute approximate surface area is 218 Å². The van der Waals surface area contributed by atoms with Crippen LogP contribution in [0.5, 0.6) is 0 Å². The highest BCUT2D eigenvalue weighted by molar-refractivity contribution is 5.76. The quantitative estimate of drug-likeness (QED) is 0.0932. The highest BCUT2D eigenvalue weighted by Crippen LogP contribution is 2.32. The van der Waals surface area contributed by atoms with E-state index < -0.39 is 5.41 Å². The highest BCUT2D eigenvalue weighted by atomic mass is 16.5. The van der Waals surface area contributed by atoms with Crippen molar-refractivity contribution in [2.24, 2.45) is 11.3 Å².